The van der Waals surface area contributed by atoms with E-state index in [2.05, 4.69) is 22.5 Å². The fourth-order valence-corrected chi connectivity index (χ4v) is 1.62. The number of nitrogens with zero attached hydrogens (tertiary/aromatic N) is 1. The maximum Gasteiger partial charge on any atom is 0.126 e. The molecule has 14 heavy (non-hydrogen) atoms. The lowest BCUT2D eigenvalue weighted by Crippen LogP contribution is -2.20. The Morgan fingerprint density at radius 3 is 2.93 bits per heavy atom. The zero-order chi connectivity index (χ0) is 9.80. The highest BCUT2D eigenvalue weighted by atomic mass is 15.0. The van der Waals surface area contributed by atoms with Crippen LogP contribution in [0, 0.1) is 0 Å². The van der Waals surface area contributed by atoms with E-state index in [4.69, 9.17) is 5.73 Å². The molecule has 0 spiro atoms. The van der Waals surface area contributed by atoms with Crippen molar-refractivity contribution in [1.82, 2.24) is 4.98 Å². The lowest BCUT2D eigenvalue weighted by molar-refractivity contribution is 0.642. The molecule has 1 aromatic rings. The Labute approximate surface area is 84.0 Å². The van der Waals surface area contributed by atoms with E-state index >= 15 is 0 Å². The molecule has 1 unspecified atom stereocenters. The van der Waals surface area contributed by atoms with Crippen molar-refractivity contribution < 1.29 is 0 Å². The summed E-state index contributed by atoms with van der Waals surface area (Å²) in [5.41, 5.74) is 6.27. The summed E-state index contributed by atoms with van der Waals surface area (Å²) in [7, 11) is 0. The van der Waals surface area contributed by atoms with E-state index < -0.39 is 0 Å². The summed E-state index contributed by atoms with van der Waals surface area (Å²) in [5.74, 6) is 0.916. The number of aromatic nitrogens is 1. The predicted octanol–water partition coefficient (Wildman–Crippen LogP) is 2.18. The summed E-state index contributed by atoms with van der Waals surface area (Å²) in [6.07, 6.45) is 9.56. The second-order valence-electron chi connectivity index (χ2n) is 3.60. The number of nitrogen functional groups attached to an aromatic ring is 1. The van der Waals surface area contributed by atoms with Gasteiger partial charge in [-0.1, -0.05) is 12.2 Å². The van der Waals surface area contributed by atoms with E-state index in [9.17, 15) is 0 Å². The van der Waals surface area contributed by atoms with Crippen molar-refractivity contribution in [2.45, 2.75) is 25.3 Å². The zero-order valence-electron chi connectivity index (χ0n) is 8.11. The molecule has 3 nitrogen and oxygen atoms in total. The van der Waals surface area contributed by atoms with Gasteiger partial charge in [-0.15, -0.1) is 0 Å². The van der Waals surface area contributed by atoms with Crippen molar-refractivity contribution in [2.75, 3.05) is 11.1 Å². The van der Waals surface area contributed by atoms with E-state index in [1.807, 2.05) is 12.1 Å². The van der Waals surface area contributed by atoms with E-state index in [1.165, 1.54) is 6.42 Å². The lowest BCUT2D eigenvalue weighted by Gasteiger charge is -2.19. The van der Waals surface area contributed by atoms with Gasteiger partial charge in [-0.3, -0.25) is 0 Å². The molecule has 0 fully saturated rings. The minimum absolute atomic E-state index is 0.524. The van der Waals surface area contributed by atoms with Crippen LogP contribution in [0.5, 0.6) is 0 Å². The Bertz CT molecular complexity index is 316. The van der Waals surface area contributed by atoms with Gasteiger partial charge in [-0.2, -0.15) is 0 Å². The first-order valence-electron chi connectivity index (χ1n) is 4.97. The minimum Gasteiger partial charge on any atom is -0.397 e. The summed E-state index contributed by atoms with van der Waals surface area (Å²) >= 11 is 0. The average molecular weight is 189 g/mol. The van der Waals surface area contributed by atoms with Gasteiger partial charge in [-0.25, -0.2) is 4.98 Å². The van der Waals surface area contributed by atoms with Crippen LogP contribution in [0.25, 0.3) is 0 Å². The number of nitrogens with two attached hydrogens (primary N) is 1. The molecular weight excluding hydrogens is 174 g/mol. The van der Waals surface area contributed by atoms with Crippen LogP contribution in [0.1, 0.15) is 19.3 Å². The molecule has 1 heterocycles. The average Bonchev–Trinajstić information content (AvgIpc) is 2.23. The van der Waals surface area contributed by atoms with E-state index in [0.29, 0.717) is 11.7 Å². The van der Waals surface area contributed by atoms with Crippen LogP contribution < -0.4 is 11.1 Å². The highest BCUT2D eigenvalue weighted by Crippen LogP contribution is 2.16. The van der Waals surface area contributed by atoms with Crippen molar-refractivity contribution in [3.63, 3.8) is 0 Å². The number of nitrogens with one attached hydrogen (secondary N) is 1. The Morgan fingerprint density at radius 2 is 2.29 bits per heavy atom. The van der Waals surface area contributed by atoms with Gasteiger partial charge < -0.3 is 11.1 Å². The zero-order valence-corrected chi connectivity index (χ0v) is 8.11. The molecule has 0 saturated heterocycles. The Balaban J connectivity index is 1.96. The molecule has 74 valence electrons. The summed E-state index contributed by atoms with van der Waals surface area (Å²) in [4.78, 5) is 4.21. The topological polar surface area (TPSA) is 50.9 Å². The van der Waals surface area contributed by atoms with Gasteiger partial charge in [0.1, 0.15) is 5.82 Å². The fourth-order valence-electron chi connectivity index (χ4n) is 1.62. The normalized spacial score (nSPS) is 20.7. The second-order valence-corrected chi connectivity index (χ2v) is 3.60. The van der Waals surface area contributed by atoms with Gasteiger partial charge in [0.15, 0.2) is 0 Å². The third-order valence-electron chi connectivity index (χ3n) is 2.41. The molecule has 0 bridgehead atoms. The molecule has 0 amide bonds. The molecule has 1 aliphatic carbocycles. The third kappa shape index (κ3) is 2.25. The second kappa shape index (κ2) is 4.13. The number of hydrogen-bond donors (Lipinski definition) is 2. The molecule has 0 saturated carbocycles. The Morgan fingerprint density at radius 1 is 1.36 bits per heavy atom. The van der Waals surface area contributed by atoms with Crippen LogP contribution in [0.3, 0.4) is 0 Å². The van der Waals surface area contributed by atoms with Crippen molar-refractivity contribution in [3.8, 4) is 0 Å². The van der Waals surface area contributed by atoms with Gasteiger partial charge in [-0.05, 0) is 31.4 Å². The summed E-state index contributed by atoms with van der Waals surface area (Å²) in [5, 5.41) is 3.39. The number of anilines is 2. The summed E-state index contributed by atoms with van der Waals surface area (Å²) < 4.78 is 0. The van der Waals surface area contributed by atoms with Crippen molar-refractivity contribution in [3.05, 3.63) is 30.5 Å². The highest BCUT2D eigenvalue weighted by molar-refractivity contribution is 5.44. The van der Waals surface area contributed by atoms with Gasteiger partial charge >= 0.3 is 0 Å². The molecule has 0 radical (unpaired) electrons. The first-order chi connectivity index (χ1) is 6.84. The molecule has 1 aromatic heterocycles. The van der Waals surface area contributed by atoms with Crippen LogP contribution in [0.15, 0.2) is 30.5 Å². The third-order valence-corrected chi connectivity index (χ3v) is 2.41. The first-order valence-corrected chi connectivity index (χ1v) is 4.97. The highest BCUT2D eigenvalue weighted by Gasteiger charge is 2.09. The fraction of sp³-hybridized carbons (Fsp3) is 0.364. The van der Waals surface area contributed by atoms with Crippen molar-refractivity contribution in [2.24, 2.45) is 0 Å². The van der Waals surface area contributed by atoms with Crippen LogP contribution in [-0.2, 0) is 0 Å². The standard InChI is InChI=1S/C11H15N3/c12-9-6-7-11(13-8-9)14-10-4-2-1-3-5-10/h1-2,6-8,10H,3-5,12H2,(H,13,14). The van der Waals surface area contributed by atoms with Crippen LogP contribution in [-0.4, -0.2) is 11.0 Å². The predicted molar refractivity (Wildman–Crippen MR) is 59.1 cm³/mol. The smallest absolute Gasteiger partial charge is 0.126 e. The summed E-state index contributed by atoms with van der Waals surface area (Å²) in [6.45, 7) is 0. The molecule has 3 heteroatoms. The molecular formula is C11H15N3. The van der Waals surface area contributed by atoms with Crippen molar-refractivity contribution in [1.29, 1.82) is 0 Å². The molecule has 1 aliphatic rings. The molecule has 3 N–H and O–H groups in total. The SMILES string of the molecule is Nc1ccc(NC2CC=CCC2)nc1. The maximum absolute atomic E-state index is 5.56. The Hall–Kier alpha value is -1.51. The molecule has 2 rings (SSSR count). The number of allylic oxidation sites excluding steroid dienone is 1. The van der Waals surface area contributed by atoms with Gasteiger partial charge in [0, 0.05) is 6.04 Å². The van der Waals surface area contributed by atoms with Crippen LogP contribution >= 0.6 is 0 Å². The van der Waals surface area contributed by atoms with Crippen LogP contribution in [0.2, 0.25) is 0 Å². The quantitative estimate of drug-likeness (QED) is 0.701. The lowest BCUT2D eigenvalue weighted by atomic mass is 10.0. The Kier molecular flexibility index (Phi) is 2.68. The number of rotatable bonds is 2. The number of pyridine rings is 1. The van der Waals surface area contributed by atoms with E-state index in [1.54, 1.807) is 6.20 Å². The van der Waals surface area contributed by atoms with Crippen molar-refractivity contribution >= 4 is 11.5 Å². The summed E-state index contributed by atoms with van der Waals surface area (Å²) in [6, 6.07) is 4.32. The molecule has 0 aromatic carbocycles. The molecule has 1 atom stereocenters. The monoisotopic (exact) mass is 189 g/mol. The number of hydrogen-bond acceptors (Lipinski definition) is 3. The van der Waals surface area contributed by atoms with Crippen LogP contribution in [0.4, 0.5) is 11.5 Å². The van der Waals surface area contributed by atoms with Gasteiger partial charge in [0.25, 0.3) is 0 Å². The van der Waals surface area contributed by atoms with E-state index in [-0.39, 0.29) is 0 Å². The largest absolute Gasteiger partial charge is 0.397 e. The van der Waals surface area contributed by atoms with E-state index in [0.717, 1.165) is 18.7 Å². The maximum atomic E-state index is 5.56. The minimum atomic E-state index is 0.524. The van der Waals surface area contributed by atoms with Gasteiger partial charge in [0.2, 0.25) is 0 Å². The first kappa shape index (κ1) is 9.06. The molecule has 0 aliphatic heterocycles. The van der Waals surface area contributed by atoms with Gasteiger partial charge in [0.05, 0.1) is 11.9 Å².